The maximum atomic E-state index is 12.0. The molecule has 0 aliphatic carbocycles. The number of methoxy groups -OCH3 is 1. The fourth-order valence-electron chi connectivity index (χ4n) is 1.72. The molecule has 1 aromatic rings. The number of carbonyl (C=O) groups is 4. The zero-order chi connectivity index (χ0) is 17.2. The Morgan fingerprint density at radius 2 is 2.08 bits per heavy atom. The minimum atomic E-state index is -1.05. The van der Waals surface area contributed by atoms with Gasteiger partial charge < -0.3 is 30.9 Å². The first-order valence-corrected chi connectivity index (χ1v) is 6.80. The number of hydrogen-bond acceptors (Lipinski definition) is 6. The van der Waals surface area contributed by atoms with Gasteiger partial charge in [0.2, 0.25) is 17.9 Å². The van der Waals surface area contributed by atoms with E-state index in [1.165, 1.54) is 12.5 Å². The summed E-state index contributed by atoms with van der Waals surface area (Å²) < 4.78 is 4.29. The Morgan fingerprint density at radius 3 is 2.62 bits per heavy atom. The Hall–Kier alpha value is -1.27. The van der Waals surface area contributed by atoms with Crippen molar-refractivity contribution in [3.05, 3.63) is 23.5 Å². The number of ether oxygens (including phenoxy) is 1. The van der Waals surface area contributed by atoms with Gasteiger partial charge in [-0.1, -0.05) is 0 Å². The normalized spacial score (nSPS) is 10.9. The quantitative estimate of drug-likeness (QED) is 0.412. The number of H-pyrrole nitrogens is 1. The monoisotopic (exact) mass is 363 g/mol. The van der Waals surface area contributed by atoms with E-state index in [0.717, 1.165) is 7.11 Å². The molecule has 4 N–H and O–H groups in total. The molecule has 0 aliphatic rings. The summed E-state index contributed by atoms with van der Waals surface area (Å²) in [5.74, 6) is -1.80. The summed E-state index contributed by atoms with van der Waals surface area (Å²) in [6.07, 6.45) is 2.29. The maximum absolute atomic E-state index is 12.0. The van der Waals surface area contributed by atoms with Gasteiger partial charge in [0.1, 0.15) is 0 Å². The van der Waals surface area contributed by atoms with Crippen LogP contribution in [0.4, 0.5) is 4.79 Å². The molecule has 0 saturated heterocycles. The third kappa shape index (κ3) is 9.13. The van der Waals surface area contributed by atoms with Crippen LogP contribution in [-0.4, -0.2) is 46.9 Å². The van der Waals surface area contributed by atoms with Crippen molar-refractivity contribution < 1.29 is 75.3 Å². The van der Waals surface area contributed by atoms with Crippen molar-refractivity contribution in [3.63, 3.8) is 0 Å². The summed E-state index contributed by atoms with van der Waals surface area (Å²) in [6, 6.07) is -1.05. The van der Waals surface area contributed by atoms with Crippen LogP contribution in [0.15, 0.2) is 12.5 Å². The molecule has 1 heterocycles. The number of carbonyl (C=O) groups excluding carboxylic acids is 4. The molecule has 4 amide bonds. The number of aromatic amines is 1. The molecule has 0 aromatic carbocycles. The van der Waals surface area contributed by atoms with Crippen molar-refractivity contribution >= 4 is 23.8 Å². The predicted molar refractivity (Wildman–Crippen MR) is 78.0 cm³/mol. The fourth-order valence-corrected chi connectivity index (χ4v) is 1.72. The Labute approximate surface area is 181 Å². The number of rotatable bonds is 8. The summed E-state index contributed by atoms with van der Waals surface area (Å²) in [7, 11) is 1.09. The first-order valence-electron chi connectivity index (χ1n) is 6.80. The van der Waals surface area contributed by atoms with Crippen LogP contribution in [0.1, 0.15) is 25.0 Å². The van der Waals surface area contributed by atoms with Gasteiger partial charge in [0.25, 0.3) is 0 Å². The van der Waals surface area contributed by atoms with E-state index in [1.54, 1.807) is 0 Å². The zero-order valence-electron chi connectivity index (χ0n) is 13.6. The van der Waals surface area contributed by atoms with Crippen molar-refractivity contribution in [1.29, 1.82) is 0 Å². The number of nitrogens with two attached hydrogens (primary N) is 1. The van der Waals surface area contributed by atoms with Gasteiger partial charge in [-0.15, -0.1) is 0 Å². The minimum Gasteiger partial charge on any atom is -0.558 e. The molecular weight excluding hydrogens is 345 g/mol. The number of hydrogen-bond donors (Lipinski definition) is 3. The van der Waals surface area contributed by atoms with E-state index in [4.69, 9.17) is 5.73 Å². The first kappa shape index (κ1) is 22.7. The third-order valence-corrected chi connectivity index (χ3v) is 2.82. The summed E-state index contributed by atoms with van der Waals surface area (Å²) in [4.78, 5) is 52.1. The number of amides is 4. The number of nitrogens with zero attached hydrogens (tertiary/aromatic N) is 2. The van der Waals surface area contributed by atoms with Crippen LogP contribution in [0.25, 0.3) is 5.32 Å². The van der Waals surface area contributed by atoms with E-state index in [-0.39, 0.29) is 77.1 Å². The van der Waals surface area contributed by atoms with Gasteiger partial charge in [-0.05, 0) is 6.42 Å². The molecule has 1 aromatic heterocycles. The van der Waals surface area contributed by atoms with Crippen LogP contribution < -0.4 is 62.4 Å². The van der Waals surface area contributed by atoms with Gasteiger partial charge in [0.15, 0.2) is 0 Å². The van der Waals surface area contributed by atoms with E-state index in [0.29, 0.717) is 5.69 Å². The molecule has 0 spiro atoms. The second-order valence-corrected chi connectivity index (χ2v) is 4.64. The molecule has 0 radical (unpaired) electrons. The molecule has 0 fully saturated rings. The van der Waals surface area contributed by atoms with Crippen LogP contribution in [0.3, 0.4) is 0 Å². The molecule has 10 nitrogen and oxygen atoms in total. The van der Waals surface area contributed by atoms with Crippen molar-refractivity contribution in [3.8, 4) is 0 Å². The average Bonchev–Trinajstić information content (AvgIpc) is 2.98. The Kier molecular flexibility index (Phi) is 11.5. The van der Waals surface area contributed by atoms with Gasteiger partial charge >= 0.3 is 51.4 Å². The second kappa shape index (κ2) is 12.1. The number of aromatic nitrogens is 2. The minimum absolute atomic E-state index is 0. The average molecular weight is 363 g/mol. The summed E-state index contributed by atoms with van der Waals surface area (Å²) in [6.45, 7) is 0. The second-order valence-electron chi connectivity index (χ2n) is 4.64. The SMILES string of the molecule is COC(=O)[N-]C(=O)C(Cc1cnc[nH]1)NC(=O)CCCC(N)=O.[K+]. The Morgan fingerprint density at radius 1 is 1.38 bits per heavy atom. The van der Waals surface area contributed by atoms with Gasteiger partial charge in [0, 0.05) is 31.2 Å². The number of primary amides is 1. The first-order chi connectivity index (χ1) is 10.9. The molecule has 126 valence electrons. The van der Waals surface area contributed by atoms with Gasteiger partial charge in [-0.2, -0.15) is 0 Å². The molecule has 0 bridgehead atoms. The van der Waals surface area contributed by atoms with E-state index >= 15 is 0 Å². The number of nitrogens with one attached hydrogen (secondary N) is 2. The predicted octanol–water partition coefficient (Wildman–Crippen LogP) is -3.24. The summed E-state index contributed by atoms with van der Waals surface area (Å²) >= 11 is 0. The Bertz CT molecular complexity index is 563. The van der Waals surface area contributed by atoms with Crippen LogP contribution >= 0.6 is 0 Å². The summed E-state index contributed by atoms with van der Waals surface area (Å²) in [5, 5.41) is 5.68. The molecule has 0 saturated carbocycles. The van der Waals surface area contributed by atoms with E-state index in [1.807, 2.05) is 0 Å². The standard InChI is InChI=1S/C13H19N5O5.K/c1-23-13(22)18-12(21)9(5-8-6-15-7-16-8)17-11(20)4-2-3-10(14)19;/h6-7,9H,2-5H2,1H3,(H5,14,15,16,17,18,19,20,21,22);/q;+1/p-1. The number of imide groups is 1. The molecule has 24 heavy (non-hydrogen) atoms. The molecule has 1 unspecified atom stereocenters. The van der Waals surface area contributed by atoms with E-state index in [2.05, 4.69) is 25.3 Å². The smallest absolute Gasteiger partial charge is 0.558 e. The number of imidazole rings is 1. The fraction of sp³-hybridized carbons (Fsp3) is 0.462. The largest absolute Gasteiger partial charge is 1.00 e. The van der Waals surface area contributed by atoms with Crippen LogP contribution in [0.2, 0.25) is 0 Å². The molecular formula is C13H18KN5O5. The summed E-state index contributed by atoms with van der Waals surface area (Å²) in [5.41, 5.74) is 5.57. The molecule has 1 atom stereocenters. The molecule has 1 rings (SSSR count). The topological polar surface area (TPSA) is 158 Å². The van der Waals surface area contributed by atoms with Gasteiger partial charge in [-0.3, -0.25) is 14.4 Å². The van der Waals surface area contributed by atoms with Crippen molar-refractivity contribution in [2.75, 3.05) is 7.11 Å². The molecule has 0 aliphatic heterocycles. The van der Waals surface area contributed by atoms with Crippen LogP contribution in [-0.2, 0) is 25.5 Å². The van der Waals surface area contributed by atoms with Gasteiger partial charge in [-0.25, -0.2) is 4.98 Å². The van der Waals surface area contributed by atoms with Crippen molar-refractivity contribution in [2.45, 2.75) is 31.7 Å². The van der Waals surface area contributed by atoms with E-state index < -0.39 is 29.9 Å². The Balaban J connectivity index is 0.00000529. The van der Waals surface area contributed by atoms with Crippen LogP contribution in [0.5, 0.6) is 0 Å². The maximum Gasteiger partial charge on any atom is 1.00 e. The zero-order valence-corrected chi connectivity index (χ0v) is 16.7. The van der Waals surface area contributed by atoms with Gasteiger partial charge in [0.05, 0.1) is 25.4 Å². The molecule has 11 heteroatoms. The van der Waals surface area contributed by atoms with Crippen molar-refractivity contribution in [1.82, 2.24) is 15.3 Å². The van der Waals surface area contributed by atoms with Crippen molar-refractivity contribution in [2.24, 2.45) is 5.73 Å². The third-order valence-electron chi connectivity index (χ3n) is 2.82. The van der Waals surface area contributed by atoms with E-state index in [9.17, 15) is 19.2 Å². The van der Waals surface area contributed by atoms with Crippen LogP contribution in [0, 0.1) is 0 Å².